The van der Waals surface area contributed by atoms with Crippen LogP contribution in [0.3, 0.4) is 0 Å². The first-order valence-corrected chi connectivity index (χ1v) is 10.3. The van der Waals surface area contributed by atoms with Gasteiger partial charge in [-0.1, -0.05) is 67.2 Å². The van der Waals surface area contributed by atoms with Crippen LogP contribution < -0.4 is 0 Å². The van der Waals surface area contributed by atoms with Gasteiger partial charge in [0.25, 0.3) is 0 Å². The molecule has 1 fully saturated rings. The summed E-state index contributed by atoms with van der Waals surface area (Å²) in [7, 11) is 2.01. The van der Waals surface area contributed by atoms with Crippen molar-refractivity contribution in [3.63, 3.8) is 0 Å². The van der Waals surface area contributed by atoms with Crippen LogP contribution >= 0.6 is 0 Å². The molecular formula is C26H27N3. The Kier molecular flexibility index (Phi) is 5.36. The van der Waals surface area contributed by atoms with Crippen molar-refractivity contribution in [2.45, 2.75) is 43.9 Å². The van der Waals surface area contributed by atoms with Gasteiger partial charge in [0, 0.05) is 30.1 Å². The lowest BCUT2D eigenvalue weighted by Crippen LogP contribution is -2.11. The molecule has 2 unspecified atom stereocenters. The lowest BCUT2D eigenvalue weighted by molar-refractivity contribution is 0.642. The number of allylic oxidation sites excluding steroid dienone is 1. The fourth-order valence-corrected chi connectivity index (χ4v) is 4.27. The molecule has 1 heterocycles. The summed E-state index contributed by atoms with van der Waals surface area (Å²) in [5.41, 5.74) is 6.88. The van der Waals surface area contributed by atoms with E-state index in [-0.39, 0.29) is 11.8 Å². The molecule has 1 aliphatic rings. The highest BCUT2D eigenvalue weighted by Gasteiger charge is 2.33. The van der Waals surface area contributed by atoms with Gasteiger partial charge in [0.05, 0.1) is 17.7 Å². The molecule has 1 aromatic heterocycles. The van der Waals surface area contributed by atoms with E-state index in [1.54, 1.807) is 0 Å². The minimum absolute atomic E-state index is 0.0442. The number of aryl methyl sites for hydroxylation is 1. The average molecular weight is 382 g/mol. The predicted molar refractivity (Wildman–Crippen MR) is 118 cm³/mol. The molecule has 0 spiro atoms. The molecule has 0 saturated heterocycles. The van der Waals surface area contributed by atoms with Gasteiger partial charge in [0.15, 0.2) is 0 Å². The summed E-state index contributed by atoms with van der Waals surface area (Å²) in [4.78, 5) is 0. The second kappa shape index (κ2) is 8.09. The van der Waals surface area contributed by atoms with Gasteiger partial charge in [0.1, 0.15) is 0 Å². The third kappa shape index (κ3) is 3.89. The summed E-state index contributed by atoms with van der Waals surface area (Å²) in [6, 6.07) is 23.1. The number of hydrogen-bond donors (Lipinski definition) is 0. The molecule has 0 bridgehead atoms. The minimum Gasteiger partial charge on any atom is -0.272 e. The highest BCUT2D eigenvalue weighted by molar-refractivity contribution is 5.69. The van der Waals surface area contributed by atoms with E-state index in [0.717, 1.165) is 23.3 Å². The molecule has 1 aliphatic carbocycles. The zero-order valence-electron chi connectivity index (χ0n) is 17.2. The normalized spacial score (nSPS) is 15.5. The molecule has 0 N–H and O–H groups in total. The van der Waals surface area contributed by atoms with Gasteiger partial charge in [-0.2, -0.15) is 10.4 Å². The van der Waals surface area contributed by atoms with Crippen molar-refractivity contribution in [2.24, 2.45) is 7.05 Å². The smallest absolute Gasteiger partial charge is 0.0784 e. The van der Waals surface area contributed by atoms with Gasteiger partial charge >= 0.3 is 0 Å². The number of nitriles is 1. The first-order chi connectivity index (χ1) is 14.1. The van der Waals surface area contributed by atoms with Crippen LogP contribution in [0.1, 0.15) is 65.1 Å². The quantitative estimate of drug-likeness (QED) is 0.496. The average Bonchev–Trinajstić information content (AvgIpc) is 3.55. The first-order valence-electron chi connectivity index (χ1n) is 10.3. The third-order valence-corrected chi connectivity index (χ3v) is 6.07. The summed E-state index contributed by atoms with van der Waals surface area (Å²) in [5, 5.41) is 14.9. The van der Waals surface area contributed by atoms with E-state index in [1.807, 2.05) is 36.0 Å². The fraction of sp³-hybridized carbons (Fsp3) is 0.308. The van der Waals surface area contributed by atoms with Crippen molar-refractivity contribution in [1.82, 2.24) is 9.78 Å². The lowest BCUT2D eigenvalue weighted by Gasteiger charge is -2.24. The van der Waals surface area contributed by atoms with Crippen molar-refractivity contribution < 1.29 is 0 Å². The van der Waals surface area contributed by atoms with E-state index < -0.39 is 0 Å². The van der Waals surface area contributed by atoms with Crippen molar-refractivity contribution >= 4 is 5.57 Å². The lowest BCUT2D eigenvalue weighted by atomic mass is 9.77. The highest BCUT2D eigenvalue weighted by atomic mass is 15.3. The summed E-state index contributed by atoms with van der Waals surface area (Å²) in [6.45, 7) is 6.60. The second-order valence-electron chi connectivity index (χ2n) is 8.09. The van der Waals surface area contributed by atoms with E-state index in [2.05, 4.69) is 56.0 Å². The van der Waals surface area contributed by atoms with Crippen LogP contribution in [0, 0.1) is 18.3 Å². The summed E-state index contributed by atoms with van der Waals surface area (Å²) >= 11 is 0. The maximum absolute atomic E-state index is 10.1. The Labute approximate surface area is 173 Å². The van der Waals surface area contributed by atoms with E-state index in [4.69, 9.17) is 5.10 Å². The Morgan fingerprint density at radius 1 is 1.10 bits per heavy atom. The largest absolute Gasteiger partial charge is 0.272 e. The van der Waals surface area contributed by atoms with E-state index in [9.17, 15) is 5.26 Å². The number of hydrogen-bond acceptors (Lipinski definition) is 2. The first kappa shape index (κ1) is 19.2. The Morgan fingerprint density at radius 3 is 2.24 bits per heavy atom. The van der Waals surface area contributed by atoms with Crippen LogP contribution in [0.25, 0.3) is 5.57 Å². The maximum atomic E-state index is 10.1. The van der Waals surface area contributed by atoms with Crippen LogP contribution in [-0.4, -0.2) is 9.78 Å². The SMILES string of the molecule is C=C(CC(c1ccccc1)C(C#N)c1ccccc1)c1c(C2CC2)nn(C)c1C. The van der Waals surface area contributed by atoms with Crippen LogP contribution in [0.5, 0.6) is 0 Å². The van der Waals surface area contributed by atoms with Gasteiger partial charge in [-0.15, -0.1) is 0 Å². The third-order valence-electron chi connectivity index (χ3n) is 6.07. The Bertz CT molecular complexity index is 1040. The van der Waals surface area contributed by atoms with Gasteiger partial charge in [0.2, 0.25) is 0 Å². The Balaban J connectivity index is 1.72. The molecule has 29 heavy (non-hydrogen) atoms. The fourth-order valence-electron chi connectivity index (χ4n) is 4.27. The molecule has 2 atom stereocenters. The summed E-state index contributed by atoms with van der Waals surface area (Å²) in [6.07, 6.45) is 3.16. The number of benzene rings is 2. The van der Waals surface area contributed by atoms with Gasteiger partial charge in [-0.3, -0.25) is 4.68 Å². The molecule has 0 amide bonds. The van der Waals surface area contributed by atoms with E-state index in [0.29, 0.717) is 5.92 Å². The van der Waals surface area contributed by atoms with Crippen molar-refractivity contribution in [3.05, 3.63) is 95.3 Å². The second-order valence-corrected chi connectivity index (χ2v) is 8.09. The Morgan fingerprint density at radius 2 is 1.69 bits per heavy atom. The molecule has 3 aromatic rings. The van der Waals surface area contributed by atoms with E-state index in [1.165, 1.54) is 29.7 Å². The molecule has 3 heteroatoms. The van der Waals surface area contributed by atoms with Crippen LogP contribution in [0.15, 0.2) is 67.2 Å². The number of aromatic nitrogens is 2. The minimum atomic E-state index is -0.225. The molecule has 4 rings (SSSR count). The molecule has 146 valence electrons. The van der Waals surface area contributed by atoms with Crippen LogP contribution in [0.4, 0.5) is 0 Å². The molecular weight excluding hydrogens is 354 g/mol. The summed E-state index contributed by atoms with van der Waals surface area (Å²) in [5.74, 6) is 0.386. The monoisotopic (exact) mass is 381 g/mol. The molecule has 1 saturated carbocycles. The molecule has 2 aromatic carbocycles. The van der Waals surface area contributed by atoms with Crippen molar-refractivity contribution in [3.8, 4) is 6.07 Å². The predicted octanol–water partition coefficient (Wildman–Crippen LogP) is 6.10. The Hall–Kier alpha value is -3.12. The van der Waals surface area contributed by atoms with Gasteiger partial charge in [-0.05, 0) is 42.9 Å². The number of nitrogens with zero attached hydrogens (tertiary/aromatic N) is 3. The summed E-state index contributed by atoms with van der Waals surface area (Å²) < 4.78 is 1.98. The molecule has 0 radical (unpaired) electrons. The van der Waals surface area contributed by atoms with E-state index >= 15 is 0 Å². The van der Waals surface area contributed by atoms with Crippen molar-refractivity contribution in [1.29, 1.82) is 5.26 Å². The topological polar surface area (TPSA) is 41.6 Å². The standard InChI is InChI=1S/C26H27N3/c1-18(25-19(2)29(3)28-26(25)22-14-15-22)16-23(20-10-6-4-7-11-20)24(17-27)21-12-8-5-9-13-21/h4-13,22-24H,1,14-16H2,2-3H3. The van der Waals surface area contributed by atoms with Crippen LogP contribution in [-0.2, 0) is 7.05 Å². The zero-order valence-corrected chi connectivity index (χ0v) is 17.2. The highest BCUT2D eigenvalue weighted by Crippen LogP contribution is 2.46. The number of rotatable bonds is 7. The van der Waals surface area contributed by atoms with Gasteiger partial charge < -0.3 is 0 Å². The zero-order chi connectivity index (χ0) is 20.4. The van der Waals surface area contributed by atoms with Crippen LogP contribution in [0.2, 0.25) is 0 Å². The maximum Gasteiger partial charge on any atom is 0.0784 e. The van der Waals surface area contributed by atoms with Crippen molar-refractivity contribution in [2.75, 3.05) is 0 Å². The molecule has 0 aliphatic heterocycles. The molecule has 3 nitrogen and oxygen atoms in total. The van der Waals surface area contributed by atoms with Gasteiger partial charge in [-0.25, -0.2) is 0 Å².